The Morgan fingerprint density at radius 1 is 1.29 bits per heavy atom. The molecular formula is C13H19NO3. The molecule has 1 aromatic carbocycles. The second kappa shape index (κ2) is 7.68. The van der Waals surface area contributed by atoms with Crippen molar-refractivity contribution in [2.24, 2.45) is 5.16 Å². The van der Waals surface area contributed by atoms with E-state index in [4.69, 9.17) is 15.1 Å². The molecule has 0 radical (unpaired) electrons. The maximum absolute atomic E-state index is 8.68. The summed E-state index contributed by atoms with van der Waals surface area (Å²) in [4.78, 5) is 0. The number of aliphatic hydroxyl groups is 1. The van der Waals surface area contributed by atoms with Gasteiger partial charge in [0.2, 0.25) is 0 Å². The third kappa shape index (κ3) is 4.87. The van der Waals surface area contributed by atoms with E-state index < -0.39 is 0 Å². The first-order valence-electron chi connectivity index (χ1n) is 5.80. The topological polar surface area (TPSA) is 62.1 Å². The Balaban J connectivity index is 2.43. The molecule has 1 aromatic rings. The molecule has 0 aromatic heterocycles. The SMILES string of the molecule is C/C(=N/O)c1cccc(OCCCCCO)c1. The van der Waals surface area contributed by atoms with Crippen LogP contribution in [0.4, 0.5) is 0 Å². The van der Waals surface area contributed by atoms with Gasteiger partial charge < -0.3 is 15.1 Å². The number of hydrogen-bond donors (Lipinski definition) is 2. The molecule has 0 unspecified atom stereocenters. The number of hydrogen-bond acceptors (Lipinski definition) is 4. The lowest BCUT2D eigenvalue weighted by Crippen LogP contribution is -2.00. The molecule has 1 rings (SSSR count). The van der Waals surface area contributed by atoms with Crippen molar-refractivity contribution in [1.82, 2.24) is 0 Å². The first kappa shape index (κ1) is 13.5. The van der Waals surface area contributed by atoms with Crippen LogP contribution >= 0.6 is 0 Å². The van der Waals surface area contributed by atoms with Gasteiger partial charge in [0.1, 0.15) is 5.75 Å². The summed E-state index contributed by atoms with van der Waals surface area (Å²) in [5.41, 5.74) is 1.41. The van der Waals surface area contributed by atoms with Crippen LogP contribution in [0.25, 0.3) is 0 Å². The molecule has 0 heterocycles. The molecule has 2 N–H and O–H groups in total. The van der Waals surface area contributed by atoms with Crippen molar-refractivity contribution < 1.29 is 15.1 Å². The molecule has 0 amide bonds. The third-order valence-corrected chi connectivity index (χ3v) is 2.47. The molecule has 17 heavy (non-hydrogen) atoms. The van der Waals surface area contributed by atoms with Gasteiger partial charge in [0.15, 0.2) is 0 Å². The van der Waals surface area contributed by atoms with Crippen molar-refractivity contribution in [2.45, 2.75) is 26.2 Å². The number of ether oxygens (including phenoxy) is 1. The molecule has 4 nitrogen and oxygen atoms in total. The van der Waals surface area contributed by atoms with Gasteiger partial charge in [0.25, 0.3) is 0 Å². The van der Waals surface area contributed by atoms with Crippen LogP contribution in [0.15, 0.2) is 29.4 Å². The zero-order valence-electron chi connectivity index (χ0n) is 10.1. The summed E-state index contributed by atoms with van der Waals surface area (Å²) in [5, 5.41) is 20.5. The van der Waals surface area contributed by atoms with Crippen LogP contribution in [0.5, 0.6) is 5.75 Å². The van der Waals surface area contributed by atoms with Crippen molar-refractivity contribution in [2.75, 3.05) is 13.2 Å². The highest BCUT2D eigenvalue weighted by Crippen LogP contribution is 2.14. The standard InChI is InChI=1S/C13H19NO3/c1-11(14-16)12-6-5-7-13(10-12)17-9-4-2-3-8-15/h5-7,10,15-16H,2-4,8-9H2,1H3/b14-11-. The Morgan fingerprint density at radius 2 is 2.12 bits per heavy atom. The van der Waals surface area contributed by atoms with Gasteiger partial charge >= 0.3 is 0 Å². The monoisotopic (exact) mass is 237 g/mol. The Kier molecular flexibility index (Phi) is 6.10. The zero-order valence-corrected chi connectivity index (χ0v) is 10.1. The Hall–Kier alpha value is -1.55. The summed E-state index contributed by atoms with van der Waals surface area (Å²) >= 11 is 0. The maximum Gasteiger partial charge on any atom is 0.119 e. The van der Waals surface area contributed by atoms with Crippen LogP contribution < -0.4 is 4.74 Å². The molecule has 0 atom stereocenters. The summed E-state index contributed by atoms with van der Waals surface area (Å²) in [6.07, 6.45) is 2.71. The van der Waals surface area contributed by atoms with Crippen molar-refractivity contribution in [3.8, 4) is 5.75 Å². The molecule has 0 aliphatic heterocycles. The molecule has 0 bridgehead atoms. The van der Waals surface area contributed by atoms with Gasteiger partial charge in [-0.2, -0.15) is 0 Å². The van der Waals surface area contributed by atoms with E-state index in [2.05, 4.69) is 5.16 Å². The van der Waals surface area contributed by atoms with E-state index in [0.717, 1.165) is 30.6 Å². The summed E-state index contributed by atoms with van der Waals surface area (Å²) in [7, 11) is 0. The van der Waals surface area contributed by atoms with Crippen molar-refractivity contribution in [3.63, 3.8) is 0 Å². The molecular weight excluding hydrogens is 218 g/mol. The van der Waals surface area contributed by atoms with Gasteiger partial charge in [-0.05, 0) is 38.3 Å². The quantitative estimate of drug-likeness (QED) is 0.331. The van der Waals surface area contributed by atoms with Crippen LogP contribution in [-0.4, -0.2) is 29.2 Å². The lowest BCUT2D eigenvalue weighted by molar-refractivity contribution is 0.266. The van der Waals surface area contributed by atoms with Crippen LogP contribution in [0, 0.1) is 0 Å². The largest absolute Gasteiger partial charge is 0.494 e. The highest BCUT2D eigenvalue weighted by Gasteiger charge is 2.00. The van der Waals surface area contributed by atoms with E-state index >= 15 is 0 Å². The van der Waals surface area contributed by atoms with E-state index in [1.165, 1.54) is 0 Å². The Labute approximate surface area is 102 Å². The Morgan fingerprint density at radius 3 is 2.82 bits per heavy atom. The van der Waals surface area contributed by atoms with Gasteiger partial charge in [-0.15, -0.1) is 0 Å². The number of oxime groups is 1. The van der Waals surface area contributed by atoms with Crippen LogP contribution in [-0.2, 0) is 0 Å². The number of rotatable bonds is 7. The molecule has 0 aliphatic rings. The lowest BCUT2D eigenvalue weighted by atomic mass is 10.1. The van der Waals surface area contributed by atoms with Crippen molar-refractivity contribution in [3.05, 3.63) is 29.8 Å². The van der Waals surface area contributed by atoms with Gasteiger partial charge in [0.05, 0.1) is 12.3 Å². The van der Waals surface area contributed by atoms with Crippen molar-refractivity contribution >= 4 is 5.71 Å². The van der Waals surface area contributed by atoms with E-state index in [1.54, 1.807) is 6.92 Å². The number of benzene rings is 1. The van der Waals surface area contributed by atoms with Gasteiger partial charge in [-0.25, -0.2) is 0 Å². The first-order chi connectivity index (χ1) is 8.27. The highest BCUT2D eigenvalue weighted by atomic mass is 16.5. The summed E-state index contributed by atoms with van der Waals surface area (Å²) in [6.45, 7) is 2.61. The average Bonchev–Trinajstić information content (AvgIpc) is 2.38. The highest BCUT2D eigenvalue weighted by molar-refractivity contribution is 5.98. The molecule has 0 fully saturated rings. The first-order valence-corrected chi connectivity index (χ1v) is 5.80. The molecule has 4 heteroatoms. The number of aliphatic hydroxyl groups excluding tert-OH is 1. The van der Waals surface area contributed by atoms with E-state index in [1.807, 2.05) is 24.3 Å². The van der Waals surface area contributed by atoms with Gasteiger partial charge in [-0.1, -0.05) is 17.3 Å². The molecule has 0 saturated heterocycles. The molecule has 0 saturated carbocycles. The summed E-state index contributed by atoms with van der Waals surface area (Å²) < 4.78 is 5.57. The fourth-order valence-corrected chi connectivity index (χ4v) is 1.45. The minimum absolute atomic E-state index is 0.238. The van der Waals surface area contributed by atoms with Crippen LogP contribution in [0.1, 0.15) is 31.7 Å². The smallest absolute Gasteiger partial charge is 0.119 e. The van der Waals surface area contributed by atoms with Gasteiger partial charge in [0, 0.05) is 12.2 Å². The van der Waals surface area contributed by atoms with Crippen molar-refractivity contribution in [1.29, 1.82) is 0 Å². The third-order valence-electron chi connectivity index (χ3n) is 2.47. The predicted molar refractivity (Wildman–Crippen MR) is 66.9 cm³/mol. The maximum atomic E-state index is 8.68. The predicted octanol–water partition coefficient (Wildman–Crippen LogP) is 2.43. The van der Waals surface area contributed by atoms with E-state index in [0.29, 0.717) is 12.3 Å². The average molecular weight is 237 g/mol. The fourth-order valence-electron chi connectivity index (χ4n) is 1.45. The fraction of sp³-hybridized carbons (Fsp3) is 0.462. The minimum atomic E-state index is 0.238. The van der Waals surface area contributed by atoms with E-state index in [-0.39, 0.29) is 6.61 Å². The summed E-state index contributed by atoms with van der Waals surface area (Å²) in [5.74, 6) is 0.773. The molecule has 94 valence electrons. The Bertz CT molecular complexity index is 363. The van der Waals surface area contributed by atoms with Crippen LogP contribution in [0.2, 0.25) is 0 Å². The summed E-state index contributed by atoms with van der Waals surface area (Å²) in [6, 6.07) is 7.46. The zero-order chi connectivity index (χ0) is 12.5. The number of nitrogens with zero attached hydrogens (tertiary/aromatic N) is 1. The lowest BCUT2D eigenvalue weighted by Gasteiger charge is -2.07. The second-order valence-electron chi connectivity index (χ2n) is 3.85. The normalized spacial score (nSPS) is 11.5. The van der Waals surface area contributed by atoms with Gasteiger partial charge in [-0.3, -0.25) is 0 Å². The van der Waals surface area contributed by atoms with Crippen LogP contribution in [0.3, 0.4) is 0 Å². The minimum Gasteiger partial charge on any atom is -0.494 e. The molecule has 0 spiro atoms. The van der Waals surface area contributed by atoms with E-state index in [9.17, 15) is 0 Å². The molecule has 0 aliphatic carbocycles. The second-order valence-corrected chi connectivity index (χ2v) is 3.85. The number of unbranched alkanes of at least 4 members (excludes halogenated alkanes) is 2.